The molecule has 1 aliphatic carbocycles. The van der Waals surface area contributed by atoms with Crippen molar-refractivity contribution in [2.75, 3.05) is 7.11 Å². The summed E-state index contributed by atoms with van der Waals surface area (Å²) in [6, 6.07) is 18.2. The molecule has 0 amide bonds. The average molecular weight is 363 g/mol. The highest BCUT2D eigenvalue weighted by molar-refractivity contribution is 6.15. The van der Waals surface area contributed by atoms with Gasteiger partial charge < -0.3 is 9.57 Å². The van der Waals surface area contributed by atoms with Gasteiger partial charge >= 0.3 is 5.97 Å². The number of hydrogen-bond donors (Lipinski definition) is 0. The molecule has 27 heavy (non-hydrogen) atoms. The van der Waals surface area contributed by atoms with Crippen LogP contribution in [0, 0.1) is 0 Å². The zero-order valence-electron chi connectivity index (χ0n) is 15.7. The highest BCUT2D eigenvalue weighted by Gasteiger charge is 2.19. The maximum Gasteiger partial charge on any atom is 0.337 e. The predicted octanol–water partition coefficient (Wildman–Crippen LogP) is 5.10. The highest BCUT2D eigenvalue weighted by atomic mass is 16.6. The van der Waals surface area contributed by atoms with E-state index >= 15 is 0 Å². The summed E-state index contributed by atoms with van der Waals surface area (Å²) in [5, 5.41) is 4.34. The third kappa shape index (κ3) is 4.85. The van der Waals surface area contributed by atoms with Crippen molar-refractivity contribution in [3.63, 3.8) is 0 Å². The van der Waals surface area contributed by atoms with Crippen molar-refractivity contribution >= 4 is 17.3 Å². The molecule has 0 atom stereocenters. The minimum absolute atomic E-state index is 0.303. The third-order valence-corrected chi connectivity index (χ3v) is 5.02. The predicted molar refractivity (Wildman–Crippen MR) is 107 cm³/mol. The number of oxime groups is 1. The van der Waals surface area contributed by atoms with E-state index in [1.165, 1.54) is 12.7 Å². The van der Waals surface area contributed by atoms with E-state index in [9.17, 15) is 4.79 Å². The molecule has 140 valence electrons. The fourth-order valence-electron chi connectivity index (χ4n) is 3.47. The summed E-state index contributed by atoms with van der Waals surface area (Å²) in [6.07, 6.45) is 4.11. The van der Waals surface area contributed by atoms with Crippen LogP contribution in [0.4, 0.5) is 0 Å². The molecule has 0 saturated heterocycles. The van der Waals surface area contributed by atoms with Crippen molar-refractivity contribution in [2.45, 2.75) is 38.2 Å². The standard InChI is InChI=1S/C23H25NO3/c1-17(23(25)26-2)22-11-7-6-10-20(22)16-27-24-21-14-12-19(13-15-21)18-8-4-3-5-9-18/h3-11,19H,1,12-16H2,2H3. The second kappa shape index (κ2) is 9.17. The van der Waals surface area contributed by atoms with E-state index in [-0.39, 0.29) is 0 Å². The Labute approximate surface area is 160 Å². The van der Waals surface area contributed by atoms with Crippen LogP contribution in [0.1, 0.15) is 48.3 Å². The molecule has 3 rings (SSSR count). The monoisotopic (exact) mass is 363 g/mol. The fraction of sp³-hybridized carbons (Fsp3) is 0.304. The highest BCUT2D eigenvalue weighted by Crippen LogP contribution is 2.31. The molecule has 0 unspecified atom stereocenters. The molecule has 0 heterocycles. The summed E-state index contributed by atoms with van der Waals surface area (Å²) in [5.74, 6) is 0.169. The van der Waals surface area contributed by atoms with Crippen LogP contribution in [0.2, 0.25) is 0 Å². The van der Waals surface area contributed by atoms with Crippen molar-refractivity contribution < 1.29 is 14.4 Å². The lowest BCUT2D eigenvalue weighted by atomic mass is 9.83. The van der Waals surface area contributed by atoms with Crippen LogP contribution in [0.5, 0.6) is 0 Å². The van der Waals surface area contributed by atoms with Crippen LogP contribution in [-0.4, -0.2) is 18.8 Å². The number of hydrogen-bond acceptors (Lipinski definition) is 4. The zero-order valence-corrected chi connectivity index (χ0v) is 15.7. The normalized spacial score (nSPS) is 16.5. The van der Waals surface area contributed by atoms with Gasteiger partial charge in [-0.25, -0.2) is 4.79 Å². The molecular weight excluding hydrogens is 338 g/mol. The van der Waals surface area contributed by atoms with E-state index in [4.69, 9.17) is 9.57 Å². The summed E-state index contributed by atoms with van der Waals surface area (Å²) in [6.45, 7) is 4.13. The number of ether oxygens (including phenoxy) is 1. The Morgan fingerprint density at radius 3 is 2.44 bits per heavy atom. The molecule has 0 N–H and O–H groups in total. The molecule has 0 spiro atoms. The van der Waals surface area contributed by atoms with E-state index in [0.29, 0.717) is 18.1 Å². The van der Waals surface area contributed by atoms with Crippen molar-refractivity contribution in [3.8, 4) is 0 Å². The Hall–Kier alpha value is -2.88. The summed E-state index contributed by atoms with van der Waals surface area (Å²) in [5.41, 5.74) is 4.44. The minimum Gasteiger partial charge on any atom is -0.465 e. The topological polar surface area (TPSA) is 47.9 Å². The second-order valence-electron chi connectivity index (χ2n) is 6.74. The summed E-state index contributed by atoms with van der Waals surface area (Å²) in [7, 11) is 1.35. The molecule has 4 nitrogen and oxygen atoms in total. The average Bonchev–Trinajstić information content (AvgIpc) is 2.74. The lowest BCUT2D eigenvalue weighted by Crippen LogP contribution is -2.13. The van der Waals surface area contributed by atoms with Gasteiger partial charge in [0, 0.05) is 5.56 Å². The van der Waals surface area contributed by atoms with E-state index in [2.05, 4.69) is 42.1 Å². The van der Waals surface area contributed by atoms with Crippen molar-refractivity contribution in [3.05, 3.63) is 77.9 Å². The molecule has 0 bridgehead atoms. The zero-order chi connectivity index (χ0) is 19.1. The number of carbonyl (C=O) groups is 1. The van der Waals surface area contributed by atoms with E-state index in [1.807, 2.05) is 24.3 Å². The third-order valence-electron chi connectivity index (χ3n) is 5.02. The quantitative estimate of drug-likeness (QED) is 0.407. The van der Waals surface area contributed by atoms with Gasteiger partial charge in [-0.3, -0.25) is 0 Å². The Balaban J connectivity index is 1.56. The summed E-state index contributed by atoms with van der Waals surface area (Å²) >= 11 is 0. The van der Waals surface area contributed by atoms with Gasteiger partial charge in [0.1, 0.15) is 6.61 Å². The maximum absolute atomic E-state index is 11.7. The molecular formula is C23H25NO3. The lowest BCUT2D eigenvalue weighted by molar-refractivity contribution is -0.133. The van der Waals surface area contributed by atoms with Crippen LogP contribution in [0.3, 0.4) is 0 Å². The first-order valence-corrected chi connectivity index (χ1v) is 9.27. The molecule has 0 aliphatic heterocycles. The number of nitrogens with zero attached hydrogens (tertiary/aromatic N) is 1. The van der Waals surface area contributed by atoms with Gasteiger partial charge in [0.25, 0.3) is 0 Å². The van der Waals surface area contributed by atoms with Gasteiger partial charge in [-0.2, -0.15) is 0 Å². The van der Waals surface area contributed by atoms with Crippen molar-refractivity contribution in [1.82, 2.24) is 0 Å². The number of benzene rings is 2. The number of methoxy groups -OCH3 is 1. The summed E-state index contributed by atoms with van der Waals surface area (Å²) in [4.78, 5) is 17.3. The SMILES string of the molecule is C=C(C(=O)OC)c1ccccc1CON=C1CCC(c2ccccc2)CC1. The van der Waals surface area contributed by atoms with Crippen LogP contribution >= 0.6 is 0 Å². The Morgan fingerprint density at radius 2 is 1.74 bits per heavy atom. The number of rotatable bonds is 6. The van der Waals surface area contributed by atoms with Gasteiger partial charge in [-0.1, -0.05) is 66.3 Å². The number of esters is 1. The molecule has 0 radical (unpaired) electrons. The molecule has 4 heteroatoms. The van der Waals surface area contributed by atoms with Gasteiger partial charge in [0.05, 0.1) is 18.4 Å². The van der Waals surface area contributed by atoms with Crippen LogP contribution in [0.15, 0.2) is 66.3 Å². The largest absolute Gasteiger partial charge is 0.465 e. The molecule has 1 aliphatic rings. The molecule has 1 fully saturated rings. The second-order valence-corrected chi connectivity index (χ2v) is 6.74. The maximum atomic E-state index is 11.7. The number of carbonyl (C=O) groups excluding carboxylic acids is 1. The fourth-order valence-corrected chi connectivity index (χ4v) is 3.47. The Bertz CT molecular complexity index is 817. The first-order valence-electron chi connectivity index (χ1n) is 9.27. The van der Waals surface area contributed by atoms with E-state index < -0.39 is 5.97 Å². The van der Waals surface area contributed by atoms with Crippen LogP contribution in [-0.2, 0) is 21.0 Å². The van der Waals surface area contributed by atoms with Gasteiger partial charge in [-0.05, 0) is 42.7 Å². The van der Waals surface area contributed by atoms with Crippen LogP contribution < -0.4 is 0 Å². The van der Waals surface area contributed by atoms with Gasteiger partial charge in [-0.15, -0.1) is 0 Å². The molecule has 2 aromatic rings. The smallest absolute Gasteiger partial charge is 0.337 e. The lowest BCUT2D eigenvalue weighted by Gasteiger charge is -2.23. The minimum atomic E-state index is -0.437. The van der Waals surface area contributed by atoms with Crippen LogP contribution in [0.25, 0.3) is 5.57 Å². The van der Waals surface area contributed by atoms with Crippen molar-refractivity contribution in [2.24, 2.45) is 5.16 Å². The molecule has 2 aromatic carbocycles. The molecule has 1 saturated carbocycles. The van der Waals surface area contributed by atoms with Gasteiger partial charge in [0.15, 0.2) is 0 Å². The summed E-state index contributed by atoms with van der Waals surface area (Å²) < 4.78 is 4.76. The molecule has 0 aromatic heterocycles. The van der Waals surface area contributed by atoms with Gasteiger partial charge in [0.2, 0.25) is 0 Å². The van der Waals surface area contributed by atoms with E-state index in [0.717, 1.165) is 42.5 Å². The Morgan fingerprint density at radius 1 is 1.07 bits per heavy atom. The first kappa shape index (κ1) is 18.9. The first-order chi connectivity index (χ1) is 13.2. The Kier molecular flexibility index (Phi) is 6.42. The van der Waals surface area contributed by atoms with E-state index in [1.54, 1.807) is 0 Å². The van der Waals surface area contributed by atoms with Crippen molar-refractivity contribution in [1.29, 1.82) is 0 Å².